The Labute approximate surface area is 120 Å². The monoisotopic (exact) mass is 296 g/mol. The first-order chi connectivity index (χ1) is 9.91. The summed E-state index contributed by atoms with van der Waals surface area (Å²) in [7, 11) is 0. The lowest BCUT2D eigenvalue weighted by molar-refractivity contribution is -0.137. The molecule has 2 rings (SSSR count). The Hall–Kier alpha value is -2.37. The highest BCUT2D eigenvalue weighted by Crippen LogP contribution is 2.34. The highest BCUT2D eigenvalue weighted by atomic mass is 19.4. The van der Waals surface area contributed by atoms with Gasteiger partial charge >= 0.3 is 6.18 Å². The third-order valence-electron chi connectivity index (χ3n) is 2.83. The predicted molar refractivity (Wildman–Crippen MR) is 76.8 cm³/mol. The highest BCUT2D eigenvalue weighted by molar-refractivity contribution is 5.77. The Kier molecular flexibility index (Phi) is 4.26. The van der Waals surface area contributed by atoms with Gasteiger partial charge in [-0.05, 0) is 37.3 Å². The maximum Gasteiger partial charge on any atom is 0.416 e. The van der Waals surface area contributed by atoms with Crippen LogP contribution < -0.4 is 15.8 Å². The standard InChI is InChI=1S/C15H15F3N2O/c1-2-21-13-8-4-7-12(14(13)19)20-11-6-3-5-10(9-11)15(16,17)18/h3-9,20H,2,19H2,1H3. The second-order valence-corrected chi connectivity index (χ2v) is 4.35. The summed E-state index contributed by atoms with van der Waals surface area (Å²) < 4.78 is 43.4. The molecule has 0 amide bonds. The van der Waals surface area contributed by atoms with Crippen LogP contribution in [-0.4, -0.2) is 6.61 Å². The summed E-state index contributed by atoms with van der Waals surface area (Å²) in [4.78, 5) is 0. The van der Waals surface area contributed by atoms with Crippen LogP contribution >= 0.6 is 0 Å². The number of nitrogens with two attached hydrogens (primary N) is 1. The molecular weight excluding hydrogens is 281 g/mol. The minimum atomic E-state index is -4.38. The maximum absolute atomic E-state index is 12.7. The van der Waals surface area contributed by atoms with Gasteiger partial charge in [0.05, 0.1) is 23.5 Å². The van der Waals surface area contributed by atoms with Crippen LogP contribution in [0.4, 0.5) is 30.2 Å². The van der Waals surface area contributed by atoms with Gasteiger partial charge in [0.2, 0.25) is 0 Å². The molecule has 0 radical (unpaired) electrons. The molecule has 0 unspecified atom stereocenters. The predicted octanol–water partition coefficient (Wildman–Crippen LogP) is 4.43. The molecule has 0 aliphatic heterocycles. The van der Waals surface area contributed by atoms with Crippen LogP contribution in [-0.2, 0) is 6.18 Å². The van der Waals surface area contributed by atoms with E-state index in [-0.39, 0.29) is 0 Å². The number of para-hydroxylation sites is 1. The molecule has 21 heavy (non-hydrogen) atoms. The SMILES string of the molecule is CCOc1cccc(Nc2cccc(C(F)(F)F)c2)c1N. The van der Waals surface area contributed by atoms with Gasteiger partial charge in [-0.3, -0.25) is 0 Å². The molecule has 2 aromatic rings. The molecule has 0 atom stereocenters. The Balaban J connectivity index is 2.28. The quantitative estimate of drug-likeness (QED) is 0.820. The first kappa shape index (κ1) is 15.0. The Bertz CT molecular complexity index is 627. The van der Waals surface area contributed by atoms with Crippen molar-refractivity contribution >= 4 is 17.1 Å². The van der Waals surface area contributed by atoms with E-state index in [9.17, 15) is 13.2 Å². The topological polar surface area (TPSA) is 47.3 Å². The molecule has 0 saturated carbocycles. The van der Waals surface area contributed by atoms with Crippen LogP contribution in [0, 0.1) is 0 Å². The zero-order valence-corrected chi connectivity index (χ0v) is 11.4. The lowest BCUT2D eigenvalue weighted by Gasteiger charge is -2.14. The van der Waals surface area contributed by atoms with Crippen molar-refractivity contribution < 1.29 is 17.9 Å². The minimum Gasteiger partial charge on any atom is -0.492 e. The number of anilines is 3. The van der Waals surface area contributed by atoms with Gasteiger partial charge in [0.1, 0.15) is 5.75 Å². The highest BCUT2D eigenvalue weighted by Gasteiger charge is 2.30. The number of hydrogen-bond donors (Lipinski definition) is 2. The van der Waals surface area contributed by atoms with E-state index in [0.717, 1.165) is 12.1 Å². The van der Waals surface area contributed by atoms with Crippen molar-refractivity contribution in [3.63, 3.8) is 0 Å². The summed E-state index contributed by atoms with van der Waals surface area (Å²) in [5.41, 5.74) is 6.38. The zero-order chi connectivity index (χ0) is 15.5. The summed E-state index contributed by atoms with van der Waals surface area (Å²) in [6.45, 7) is 2.28. The second kappa shape index (κ2) is 5.95. The average Bonchev–Trinajstić information content (AvgIpc) is 2.43. The molecule has 6 heteroatoms. The number of rotatable bonds is 4. The Morgan fingerprint density at radius 2 is 1.86 bits per heavy atom. The van der Waals surface area contributed by atoms with E-state index in [1.165, 1.54) is 6.07 Å². The molecule has 0 heterocycles. The third-order valence-corrected chi connectivity index (χ3v) is 2.83. The van der Waals surface area contributed by atoms with E-state index >= 15 is 0 Å². The van der Waals surface area contributed by atoms with Gasteiger partial charge in [-0.15, -0.1) is 0 Å². The molecular formula is C15H15F3N2O. The van der Waals surface area contributed by atoms with E-state index < -0.39 is 11.7 Å². The minimum absolute atomic E-state index is 0.310. The second-order valence-electron chi connectivity index (χ2n) is 4.35. The molecule has 0 fully saturated rings. The number of nitrogen functional groups attached to an aromatic ring is 1. The fourth-order valence-electron chi connectivity index (χ4n) is 1.86. The van der Waals surface area contributed by atoms with Crippen LogP contribution in [0.1, 0.15) is 12.5 Å². The van der Waals surface area contributed by atoms with Crippen LogP contribution in [0.3, 0.4) is 0 Å². The zero-order valence-electron chi connectivity index (χ0n) is 11.4. The van der Waals surface area contributed by atoms with Gasteiger partial charge < -0.3 is 15.8 Å². The largest absolute Gasteiger partial charge is 0.492 e. The number of ether oxygens (including phenoxy) is 1. The Morgan fingerprint density at radius 1 is 1.14 bits per heavy atom. The summed E-state index contributed by atoms with van der Waals surface area (Å²) in [5.74, 6) is 0.495. The first-order valence-electron chi connectivity index (χ1n) is 6.37. The molecule has 3 N–H and O–H groups in total. The van der Waals surface area contributed by atoms with Crippen molar-refractivity contribution in [2.45, 2.75) is 13.1 Å². The first-order valence-corrected chi connectivity index (χ1v) is 6.37. The number of halogens is 3. The normalized spacial score (nSPS) is 11.2. The van der Waals surface area contributed by atoms with Crippen molar-refractivity contribution in [3.8, 4) is 5.75 Å². The van der Waals surface area contributed by atoms with Crippen molar-refractivity contribution in [3.05, 3.63) is 48.0 Å². The van der Waals surface area contributed by atoms with Crippen LogP contribution in [0.15, 0.2) is 42.5 Å². The van der Waals surface area contributed by atoms with Gasteiger partial charge in [-0.1, -0.05) is 12.1 Å². The fraction of sp³-hybridized carbons (Fsp3) is 0.200. The smallest absolute Gasteiger partial charge is 0.416 e. The van der Waals surface area contributed by atoms with Crippen molar-refractivity contribution in [2.24, 2.45) is 0 Å². The van der Waals surface area contributed by atoms with E-state index in [2.05, 4.69) is 5.32 Å². The maximum atomic E-state index is 12.7. The van der Waals surface area contributed by atoms with E-state index in [4.69, 9.17) is 10.5 Å². The Morgan fingerprint density at radius 3 is 2.52 bits per heavy atom. The van der Waals surface area contributed by atoms with E-state index in [1.54, 1.807) is 24.3 Å². The van der Waals surface area contributed by atoms with E-state index in [1.807, 2.05) is 6.92 Å². The van der Waals surface area contributed by atoms with Crippen LogP contribution in [0.2, 0.25) is 0 Å². The van der Waals surface area contributed by atoms with Crippen molar-refractivity contribution in [1.29, 1.82) is 0 Å². The molecule has 0 bridgehead atoms. The molecule has 0 aliphatic carbocycles. The van der Waals surface area contributed by atoms with Gasteiger partial charge in [0, 0.05) is 5.69 Å². The van der Waals surface area contributed by atoms with Crippen molar-refractivity contribution in [2.75, 3.05) is 17.7 Å². The lowest BCUT2D eigenvalue weighted by Crippen LogP contribution is -2.05. The third kappa shape index (κ3) is 3.59. The molecule has 0 saturated heterocycles. The van der Waals surface area contributed by atoms with E-state index in [0.29, 0.717) is 29.4 Å². The summed E-state index contributed by atoms with van der Waals surface area (Å²) in [6, 6.07) is 10.0. The number of benzene rings is 2. The molecule has 0 spiro atoms. The lowest BCUT2D eigenvalue weighted by atomic mass is 10.2. The van der Waals surface area contributed by atoms with Crippen LogP contribution in [0.5, 0.6) is 5.75 Å². The van der Waals surface area contributed by atoms with Gasteiger partial charge in [0.15, 0.2) is 0 Å². The summed E-state index contributed by atoms with van der Waals surface area (Å²) in [5, 5.41) is 2.88. The van der Waals surface area contributed by atoms with Crippen molar-refractivity contribution in [1.82, 2.24) is 0 Å². The number of alkyl halides is 3. The molecule has 3 nitrogen and oxygen atoms in total. The molecule has 112 valence electrons. The fourth-order valence-corrected chi connectivity index (χ4v) is 1.86. The van der Waals surface area contributed by atoms with Gasteiger partial charge in [-0.2, -0.15) is 13.2 Å². The summed E-state index contributed by atoms with van der Waals surface area (Å²) >= 11 is 0. The number of hydrogen-bond acceptors (Lipinski definition) is 3. The molecule has 0 aromatic heterocycles. The molecule has 0 aliphatic rings. The summed E-state index contributed by atoms with van der Waals surface area (Å²) in [6.07, 6.45) is -4.38. The number of nitrogens with one attached hydrogen (secondary N) is 1. The molecule has 2 aromatic carbocycles. The van der Waals surface area contributed by atoms with Gasteiger partial charge in [-0.25, -0.2) is 0 Å². The average molecular weight is 296 g/mol. The van der Waals surface area contributed by atoms with Crippen LogP contribution in [0.25, 0.3) is 0 Å². The van der Waals surface area contributed by atoms with Gasteiger partial charge in [0.25, 0.3) is 0 Å².